The van der Waals surface area contributed by atoms with E-state index in [9.17, 15) is 10.2 Å². The van der Waals surface area contributed by atoms with Crippen LogP contribution in [0.4, 0.5) is 0 Å². The van der Waals surface area contributed by atoms with Crippen molar-refractivity contribution in [3.63, 3.8) is 0 Å². The smallest absolute Gasteiger partial charge is 0.0799 e. The molecule has 0 bridgehead atoms. The van der Waals surface area contributed by atoms with Crippen LogP contribution in [-0.2, 0) is 0 Å². The lowest BCUT2D eigenvalue weighted by atomic mass is 9.96. The van der Waals surface area contributed by atoms with E-state index in [1.54, 1.807) is 0 Å². The lowest BCUT2D eigenvalue weighted by Gasteiger charge is -2.19. The summed E-state index contributed by atoms with van der Waals surface area (Å²) >= 11 is 0. The van der Waals surface area contributed by atoms with Gasteiger partial charge >= 0.3 is 0 Å². The SMILES string of the molecule is OC1CCCCCCC1O. The van der Waals surface area contributed by atoms with Gasteiger partial charge in [-0.3, -0.25) is 0 Å². The van der Waals surface area contributed by atoms with Crippen LogP contribution in [0.3, 0.4) is 0 Å². The van der Waals surface area contributed by atoms with Crippen LogP contribution in [-0.4, -0.2) is 22.4 Å². The molecule has 10 heavy (non-hydrogen) atoms. The first kappa shape index (κ1) is 8.02. The van der Waals surface area contributed by atoms with Crippen molar-refractivity contribution in [3.8, 4) is 0 Å². The van der Waals surface area contributed by atoms with Crippen LogP contribution in [0.1, 0.15) is 38.5 Å². The average Bonchev–Trinajstić information content (AvgIpc) is 1.92. The van der Waals surface area contributed by atoms with Crippen molar-refractivity contribution in [2.24, 2.45) is 0 Å². The first-order chi connectivity index (χ1) is 4.80. The molecule has 2 heteroatoms. The van der Waals surface area contributed by atoms with Gasteiger partial charge in [0, 0.05) is 0 Å². The van der Waals surface area contributed by atoms with Crippen LogP contribution >= 0.6 is 0 Å². The van der Waals surface area contributed by atoms with E-state index in [0.717, 1.165) is 25.7 Å². The molecular weight excluding hydrogens is 128 g/mol. The normalized spacial score (nSPS) is 36.6. The summed E-state index contributed by atoms with van der Waals surface area (Å²) in [5, 5.41) is 18.5. The second-order valence-corrected chi connectivity index (χ2v) is 3.13. The molecule has 1 aliphatic carbocycles. The first-order valence-corrected chi connectivity index (χ1v) is 4.17. The number of aliphatic hydroxyl groups is 2. The molecule has 0 aromatic carbocycles. The van der Waals surface area contributed by atoms with Crippen LogP contribution in [0.2, 0.25) is 0 Å². The minimum Gasteiger partial charge on any atom is -0.390 e. The maximum atomic E-state index is 9.23. The molecule has 2 atom stereocenters. The van der Waals surface area contributed by atoms with Crippen molar-refractivity contribution in [1.82, 2.24) is 0 Å². The summed E-state index contributed by atoms with van der Waals surface area (Å²) < 4.78 is 0. The molecule has 0 amide bonds. The number of rotatable bonds is 0. The third kappa shape index (κ3) is 2.27. The Kier molecular flexibility index (Phi) is 3.16. The molecule has 1 fully saturated rings. The van der Waals surface area contributed by atoms with Gasteiger partial charge in [0.15, 0.2) is 0 Å². The molecule has 2 nitrogen and oxygen atoms in total. The highest BCUT2D eigenvalue weighted by molar-refractivity contribution is 4.69. The summed E-state index contributed by atoms with van der Waals surface area (Å²) in [6.07, 6.45) is 5.20. The Hall–Kier alpha value is -0.0800. The molecule has 1 rings (SSSR count). The number of hydrogen-bond acceptors (Lipinski definition) is 2. The quantitative estimate of drug-likeness (QED) is 0.533. The summed E-state index contributed by atoms with van der Waals surface area (Å²) in [4.78, 5) is 0. The zero-order valence-electron chi connectivity index (χ0n) is 6.29. The third-order valence-electron chi connectivity index (χ3n) is 2.19. The molecule has 60 valence electrons. The molecule has 0 aliphatic heterocycles. The predicted molar refractivity (Wildman–Crippen MR) is 39.7 cm³/mol. The van der Waals surface area contributed by atoms with Gasteiger partial charge in [0.2, 0.25) is 0 Å². The van der Waals surface area contributed by atoms with Gasteiger partial charge in [-0.15, -0.1) is 0 Å². The Morgan fingerprint density at radius 3 is 1.50 bits per heavy atom. The Balaban J connectivity index is 2.28. The second-order valence-electron chi connectivity index (χ2n) is 3.13. The summed E-state index contributed by atoms with van der Waals surface area (Å²) in [7, 11) is 0. The largest absolute Gasteiger partial charge is 0.390 e. The molecule has 2 unspecified atom stereocenters. The van der Waals surface area contributed by atoms with Gasteiger partial charge in [-0.2, -0.15) is 0 Å². The van der Waals surface area contributed by atoms with E-state index in [2.05, 4.69) is 0 Å². The van der Waals surface area contributed by atoms with Crippen molar-refractivity contribution in [2.45, 2.75) is 50.7 Å². The lowest BCUT2D eigenvalue weighted by Crippen LogP contribution is -2.26. The summed E-state index contributed by atoms with van der Waals surface area (Å²) in [5.41, 5.74) is 0. The van der Waals surface area contributed by atoms with Crippen molar-refractivity contribution < 1.29 is 10.2 Å². The van der Waals surface area contributed by atoms with Gasteiger partial charge in [0.25, 0.3) is 0 Å². The van der Waals surface area contributed by atoms with Crippen LogP contribution < -0.4 is 0 Å². The molecular formula is C8H16O2. The van der Waals surface area contributed by atoms with E-state index >= 15 is 0 Å². The fraction of sp³-hybridized carbons (Fsp3) is 1.00. The van der Waals surface area contributed by atoms with Crippen LogP contribution in [0.25, 0.3) is 0 Å². The Labute approximate surface area is 61.9 Å². The first-order valence-electron chi connectivity index (χ1n) is 4.17. The topological polar surface area (TPSA) is 40.5 Å². The van der Waals surface area contributed by atoms with Crippen LogP contribution in [0.15, 0.2) is 0 Å². The highest BCUT2D eigenvalue weighted by atomic mass is 16.3. The van der Waals surface area contributed by atoms with Gasteiger partial charge in [-0.25, -0.2) is 0 Å². The van der Waals surface area contributed by atoms with Gasteiger partial charge < -0.3 is 10.2 Å². The molecule has 0 saturated heterocycles. The van der Waals surface area contributed by atoms with Gasteiger partial charge in [-0.1, -0.05) is 25.7 Å². The molecule has 1 saturated carbocycles. The molecule has 0 aromatic rings. The second kappa shape index (κ2) is 3.94. The minimum absolute atomic E-state index is 0.458. The maximum Gasteiger partial charge on any atom is 0.0799 e. The van der Waals surface area contributed by atoms with Crippen LogP contribution in [0.5, 0.6) is 0 Å². The number of aliphatic hydroxyl groups excluding tert-OH is 2. The van der Waals surface area contributed by atoms with Gasteiger partial charge in [0.1, 0.15) is 0 Å². The number of hydrogen-bond donors (Lipinski definition) is 2. The third-order valence-corrected chi connectivity index (χ3v) is 2.19. The minimum atomic E-state index is -0.458. The van der Waals surface area contributed by atoms with Crippen molar-refractivity contribution in [3.05, 3.63) is 0 Å². The highest BCUT2D eigenvalue weighted by Crippen LogP contribution is 2.17. The summed E-state index contributed by atoms with van der Waals surface area (Å²) in [5.74, 6) is 0. The summed E-state index contributed by atoms with van der Waals surface area (Å²) in [6, 6.07) is 0. The lowest BCUT2D eigenvalue weighted by molar-refractivity contribution is 0.00303. The van der Waals surface area contributed by atoms with Gasteiger partial charge in [-0.05, 0) is 12.8 Å². The van der Waals surface area contributed by atoms with E-state index < -0.39 is 12.2 Å². The Morgan fingerprint density at radius 1 is 0.700 bits per heavy atom. The molecule has 0 radical (unpaired) electrons. The monoisotopic (exact) mass is 144 g/mol. The van der Waals surface area contributed by atoms with E-state index in [1.165, 1.54) is 12.8 Å². The zero-order valence-corrected chi connectivity index (χ0v) is 6.29. The van der Waals surface area contributed by atoms with Crippen LogP contribution in [0, 0.1) is 0 Å². The zero-order chi connectivity index (χ0) is 7.40. The van der Waals surface area contributed by atoms with Gasteiger partial charge in [0.05, 0.1) is 12.2 Å². The van der Waals surface area contributed by atoms with E-state index in [-0.39, 0.29) is 0 Å². The highest BCUT2D eigenvalue weighted by Gasteiger charge is 2.16. The fourth-order valence-electron chi connectivity index (χ4n) is 1.45. The molecule has 0 aromatic heterocycles. The molecule has 0 heterocycles. The standard InChI is InChI=1S/C8H16O2/c9-7-5-3-1-2-4-6-8(7)10/h7-10H,1-6H2. The molecule has 2 N–H and O–H groups in total. The van der Waals surface area contributed by atoms with E-state index in [0.29, 0.717) is 0 Å². The van der Waals surface area contributed by atoms with E-state index in [1.807, 2.05) is 0 Å². The average molecular weight is 144 g/mol. The predicted octanol–water partition coefficient (Wildman–Crippen LogP) is 1.06. The fourth-order valence-corrected chi connectivity index (χ4v) is 1.45. The maximum absolute atomic E-state index is 9.23. The van der Waals surface area contributed by atoms with Crippen molar-refractivity contribution in [2.75, 3.05) is 0 Å². The Morgan fingerprint density at radius 2 is 1.10 bits per heavy atom. The molecule has 0 spiro atoms. The summed E-state index contributed by atoms with van der Waals surface area (Å²) in [6.45, 7) is 0. The Bertz CT molecular complexity index is 81.3. The van der Waals surface area contributed by atoms with Crippen molar-refractivity contribution >= 4 is 0 Å². The van der Waals surface area contributed by atoms with Crippen molar-refractivity contribution in [1.29, 1.82) is 0 Å². The molecule has 1 aliphatic rings. The van der Waals surface area contributed by atoms with E-state index in [4.69, 9.17) is 0 Å².